The van der Waals surface area contributed by atoms with Crippen LogP contribution in [-0.2, 0) is 0 Å². The van der Waals surface area contributed by atoms with Crippen molar-refractivity contribution in [1.29, 1.82) is 0 Å². The Bertz CT molecular complexity index is 852. The van der Waals surface area contributed by atoms with E-state index in [0.717, 1.165) is 38.1 Å². The van der Waals surface area contributed by atoms with E-state index in [9.17, 15) is 18.0 Å². The third-order valence-corrected chi connectivity index (χ3v) is 4.16. The molecule has 1 aliphatic heterocycles. The number of carbonyl (C=O) groups excluding carboxylic acids is 1. The van der Waals surface area contributed by atoms with Crippen LogP contribution < -0.4 is 25.2 Å². The van der Waals surface area contributed by atoms with Gasteiger partial charge in [0.05, 0.1) is 6.20 Å². The highest BCUT2D eigenvalue weighted by Crippen LogP contribution is 2.26. The summed E-state index contributed by atoms with van der Waals surface area (Å²) >= 11 is 0. The fourth-order valence-electron chi connectivity index (χ4n) is 2.89. The second-order valence-electron chi connectivity index (χ2n) is 6.65. The molecule has 156 valence electrons. The molecule has 0 bridgehead atoms. The predicted molar refractivity (Wildman–Crippen MR) is 104 cm³/mol. The molecular weight excluding hydrogens is 389 g/mol. The molecule has 1 aliphatic rings. The van der Waals surface area contributed by atoms with E-state index >= 15 is 0 Å². The van der Waals surface area contributed by atoms with E-state index in [4.69, 9.17) is 0 Å². The number of nitrogens with one attached hydrogen (secondary N) is 2. The Hall–Kier alpha value is -3.24. The number of alkyl halides is 3. The number of urea groups is 1. The maximum atomic E-state index is 12.3. The maximum absolute atomic E-state index is 12.3. The molecule has 2 N–H and O–H groups in total. The minimum Gasteiger partial charge on any atom is -0.406 e. The summed E-state index contributed by atoms with van der Waals surface area (Å²) in [5.41, 5.74) is 0.713. The number of amides is 2. The van der Waals surface area contributed by atoms with E-state index in [1.807, 2.05) is 0 Å². The molecule has 0 aliphatic carbocycles. The quantitative estimate of drug-likeness (QED) is 0.783. The number of hydrogen-bond donors (Lipinski definition) is 2. The molecule has 0 radical (unpaired) electrons. The van der Waals surface area contributed by atoms with Gasteiger partial charge in [0.1, 0.15) is 11.4 Å². The monoisotopic (exact) mass is 410 g/mol. The van der Waals surface area contributed by atoms with Crippen LogP contribution in [0.25, 0.3) is 0 Å². The summed E-state index contributed by atoms with van der Waals surface area (Å²) in [5.74, 6) is 0.785. The van der Waals surface area contributed by atoms with Gasteiger partial charge in [0.15, 0.2) is 5.82 Å². The van der Waals surface area contributed by atoms with Gasteiger partial charge in [-0.15, -0.1) is 13.2 Å². The molecular formula is C18H21F3N6O2. The van der Waals surface area contributed by atoms with Crippen molar-refractivity contribution < 1.29 is 22.7 Å². The van der Waals surface area contributed by atoms with E-state index in [0.29, 0.717) is 23.1 Å². The first kappa shape index (κ1) is 20.5. The zero-order chi connectivity index (χ0) is 21.0. The highest BCUT2D eigenvalue weighted by molar-refractivity contribution is 6.01. The smallest absolute Gasteiger partial charge is 0.406 e. The van der Waals surface area contributed by atoms with E-state index in [1.165, 1.54) is 18.3 Å². The van der Waals surface area contributed by atoms with Crippen molar-refractivity contribution in [2.45, 2.75) is 19.2 Å². The molecule has 1 saturated heterocycles. The van der Waals surface area contributed by atoms with Crippen LogP contribution in [-0.4, -0.2) is 49.5 Å². The first-order valence-corrected chi connectivity index (χ1v) is 8.94. The van der Waals surface area contributed by atoms with Crippen LogP contribution >= 0.6 is 0 Å². The van der Waals surface area contributed by atoms with Crippen LogP contribution in [0.4, 0.5) is 41.1 Å². The lowest BCUT2D eigenvalue weighted by Crippen LogP contribution is -2.25. The van der Waals surface area contributed by atoms with E-state index in [2.05, 4.69) is 30.2 Å². The molecule has 1 aromatic heterocycles. The molecule has 11 heteroatoms. The molecule has 29 heavy (non-hydrogen) atoms. The third kappa shape index (κ3) is 5.62. The number of ether oxygens (including phenoxy) is 1. The Kier molecular flexibility index (Phi) is 5.95. The Morgan fingerprint density at radius 3 is 2.38 bits per heavy atom. The predicted octanol–water partition coefficient (Wildman–Crippen LogP) is 3.69. The van der Waals surface area contributed by atoms with Crippen molar-refractivity contribution in [3.05, 3.63) is 30.5 Å². The van der Waals surface area contributed by atoms with Crippen LogP contribution in [0.3, 0.4) is 0 Å². The van der Waals surface area contributed by atoms with Crippen molar-refractivity contribution in [1.82, 2.24) is 9.97 Å². The molecule has 0 spiro atoms. The van der Waals surface area contributed by atoms with Crippen molar-refractivity contribution in [3.8, 4) is 5.75 Å². The standard InChI is InChI=1S/C18H21F3N6O2/c1-26(2)15-14(11-22-16(25-15)27-9-3-4-10-27)24-17(28)23-12-5-7-13(8-6-12)29-18(19,20)21/h5-8,11H,3-4,9-10H2,1-2H3,(H2,23,24,28). The number of halogens is 3. The van der Waals surface area contributed by atoms with Crippen LogP contribution in [0.2, 0.25) is 0 Å². The first-order valence-electron chi connectivity index (χ1n) is 8.94. The van der Waals surface area contributed by atoms with Gasteiger partial charge in [-0.3, -0.25) is 0 Å². The van der Waals surface area contributed by atoms with Crippen molar-refractivity contribution >= 4 is 29.2 Å². The van der Waals surface area contributed by atoms with Crippen molar-refractivity contribution in [3.63, 3.8) is 0 Å². The van der Waals surface area contributed by atoms with Gasteiger partial charge in [-0.05, 0) is 37.1 Å². The second kappa shape index (κ2) is 8.41. The summed E-state index contributed by atoms with van der Waals surface area (Å²) in [6.07, 6.45) is -1.04. The fourth-order valence-corrected chi connectivity index (χ4v) is 2.89. The van der Waals surface area contributed by atoms with E-state index < -0.39 is 12.4 Å². The van der Waals surface area contributed by atoms with E-state index in [-0.39, 0.29) is 5.75 Å². The molecule has 1 fully saturated rings. The number of hydrogen-bond acceptors (Lipinski definition) is 6. The average molecular weight is 410 g/mol. The van der Waals surface area contributed by atoms with Gasteiger partial charge in [0.25, 0.3) is 0 Å². The van der Waals surface area contributed by atoms with Crippen molar-refractivity contribution in [2.24, 2.45) is 0 Å². The number of benzene rings is 1. The minimum absolute atomic E-state index is 0.304. The van der Waals surface area contributed by atoms with Crippen LogP contribution in [0.1, 0.15) is 12.8 Å². The van der Waals surface area contributed by atoms with Gasteiger partial charge in [0.2, 0.25) is 5.95 Å². The Labute approximate surface area is 165 Å². The first-order chi connectivity index (χ1) is 13.7. The van der Waals surface area contributed by atoms with Crippen LogP contribution in [0.15, 0.2) is 30.5 Å². The average Bonchev–Trinajstić information content (AvgIpc) is 3.17. The molecule has 8 nitrogen and oxygen atoms in total. The second-order valence-corrected chi connectivity index (χ2v) is 6.65. The van der Waals surface area contributed by atoms with Gasteiger partial charge in [-0.1, -0.05) is 0 Å². The lowest BCUT2D eigenvalue weighted by Gasteiger charge is -2.21. The summed E-state index contributed by atoms with van der Waals surface area (Å²) in [5, 5.41) is 5.21. The molecule has 3 rings (SSSR count). The lowest BCUT2D eigenvalue weighted by molar-refractivity contribution is -0.274. The topological polar surface area (TPSA) is 82.6 Å². The van der Waals surface area contributed by atoms with E-state index in [1.54, 1.807) is 19.0 Å². The number of aromatic nitrogens is 2. The number of rotatable bonds is 5. The largest absolute Gasteiger partial charge is 0.573 e. The maximum Gasteiger partial charge on any atom is 0.573 e. The summed E-state index contributed by atoms with van der Waals surface area (Å²) in [4.78, 5) is 25.0. The normalized spacial score (nSPS) is 13.9. The zero-order valence-electron chi connectivity index (χ0n) is 16.0. The lowest BCUT2D eigenvalue weighted by atomic mass is 10.3. The summed E-state index contributed by atoms with van der Waals surface area (Å²) < 4.78 is 40.4. The Balaban J connectivity index is 1.66. The van der Waals surface area contributed by atoms with Gasteiger partial charge in [-0.25, -0.2) is 9.78 Å². The van der Waals surface area contributed by atoms with Crippen LogP contribution in [0, 0.1) is 0 Å². The van der Waals surface area contributed by atoms with Gasteiger partial charge >= 0.3 is 12.4 Å². The van der Waals surface area contributed by atoms with Crippen LogP contribution in [0.5, 0.6) is 5.75 Å². The molecule has 0 atom stereocenters. The number of nitrogens with zero attached hydrogens (tertiary/aromatic N) is 4. The van der Waals surface area contributed by atoms with Gasteiger partial charge in [-0.2, -0.15) is 4.98 Å². The molecule has 2 heterocycles. The summed E-state index contributed by atoms with van der Waals surface area (Å²) in [7, 11) is 3.61. The molecule has 0 unspecified atom stereocenters. The Morgan fingerprint density at radius 1 is 1.14 bits per heavy atom. The van der Waals surface area contributed by atoms with Gasteiger partial charge < -0.3 is 25.2 Å². The highest BCUT2D eigenvalue weighted by Gasteiger charge is 2.31. The number of anilines is 4. The highest BCUT2D eigenvalue weighted by atomic mass is 19.4. The Morgan fingerprint density at radius 2 is 1.79 bits per heavy atom. The zero-order valence-corrected chi connectivity index (χ0v) is 16.0. The fraction of sp³-hybridized carbons (Fsp3) is 0.389. The SMILES string of the molecule is CN(C)c1nc(N2CCCC2)ncc1NC(=O)Nc1ccc(OC(F)(F)F)cc1. The van der Waals surface area contributed by atoms with Gasteiger partial charge in [0, 0.05) is 32.9 Å². The minimum atomic E-state index is -4.77. The molecule has 0 saturated carbocycles. The summed E-state index contributed by atoms with van der Waals surface area (Å²) in [6, 6.07) is 4.26. The number of carbonyl (C=O) groups is 1. The molecule has 2 aromatic rings. The molecule has 2 amide bonds. The van der Waals surface area contributed by atoms with Crippen molar-refractivity contribution in [2.75, 3.05) is 47.6 Å². The third-order valence-electron chi connectivity index (χ3n) is 4.16. The summed E-state index contributed by atoms with van der Waals surface area (Å²) in [6.45, 7) is 1.79. The molecule has 1 aromatic carbocycles.